The smallest absolute Gasteiger partial charge is 0.329 e. The molecule has 1 amide bonds. The Morgan fingerprint density at radius 3 is 2.55 bits per heavy atom. The monoisotopic (exact) mass is 157 g/mol. The minimum Gasteiger partial charge on any atom is -0.461 e. The number of ether oxygens (including phenoxy) is 1. The van der Waals surface area contributed by atoms with E-state index in [2.05, 4.69) is 5.32 Å². The molecule has 0 aliphatic carbocycles. The fourth-order valence-electron chi connectivity index (χ4n) is 1.14. The van der Waals surface area contributed by atoms with Gasteiger partial charge in [0, 0.05) is 5.92 Å². The van der Waals surface area contributed by atoms with Gasteiger partial charge in [-0.1, -0.05) is 6.92 Å². The summed E-state index contributed by atoms with van der Waals surface area (Å²) in [5.41, 5.74) is 0. The van der Waals surface area contributed by atoms with Gasteiger partial charge < -0.3 is 10.1 Å². The van der Waals surface area contributed by atoms with Crippen LogP contribution in [0.2, 0.25) is 0 Å². The molecule has 3 atom stereocenters. The van der Waals surface area contributed by atoms with Crippen LogP contribution in [0.25, 0.3) is 0 Å². The normalized spacial score (nSPS) is 36.5. The van der Waals surface area contributed by atoms with Crippen LogP contribution in [0.3, 0.4) is 0 Å². The van der Waals surface area contributed by atoms with Crippen LogP contribution in [0, 0.1) is 5.92 Å². The maximum atomic E-state index is 10.9. The number of nitrogens with one attached hydrogen (secondary N) is 1. The summed E-state index contributed by atoms with van der Waals surface area (Å²) < 4.78 is 4.88. The van der Waals surface area contributed by atoms with Crippen LogP contribution >= 0.6 is 0 Å². The molecule has 62 valence electrons. The van der Waals surface area contributed by atoms with Gasteiger partial charge in [-0.15, -0.1) is 0 Å². The molecule has 4 heteroatoms. The number of carbonyl (C=O) groups excluding carboxylic acids is 2. The fraction of sp³-hybridized carbons (Fsp3) is 0.714. The van der Waals surface area contributed by atoms with Crippen molar-refractivity contribution < 1.29 is 14.3 Å². The zero-order chi connectivity index (χ0) is 8.43. The van der Waals surface area contributed by atoms with Crippen LogP contribution in [-0.2, 0) is 14.3 Å². The van der Waals surface area contributed by atoms with Crippen LogP contribution in [0.15, 0.2) is 0 Å². The fourth-order valence-corrected chi connectivity index (χ4v) is 1.14. The first-order valence-corrected chi connectivity index (χ1v) is 3.57. The van der Waals surface area contributed by atoms with Gasteiger partial charge in [0.25, 0.3) is 0 Å². The highest BCUT2D eigenvalue weighted by atomic mass is 16.6. The Balaban J connectivity index is 2.63. The second-order valence-corrected chi connectivity index (χ2v) is 2.76. The van der Waals surface area contributed by atoms with Gasteiger partial charge >= 0.3 is 5.97 Å². The van der Waals surface area contributed by atoms with E-state index in [-0.39, 0.29) is 18.0 Å². The predicted molar refractivity (Wildman–Crippen MR) is 37.7 cm³/mol. The predicted octanol–water partition coefficient (Wildman–Crippen LogP) is -0.318. The van der Waals surface area contributed by atoms with Crippen molar-refractivity contribution in [3.63, 3.8) is 0 Å². The van der Waals surface area contributed by atoms with E-state index >= 15 is 0 Å². The molecule has 1 aliphatic rings. The zero-order valence-electron chi connectivity index (χ0n) is 6.53. The van der Waals surface area contributed by atoms with E-state index in [4.69, 9.17) is 4.74 Å². The Bertz CT molecular complexity index is 181. The van der Waals surface area contributed by atoms with Crippen molar-refractivity contribution in [3.05, 3.63) is 0 Å². The highest BCUT2D eigenvalue weighted by Gasteiger charge is 2.38. The Morgan fingerprint density at radius 1 is 1.55 bits per heavy atom. The number of amides is 1. The molecular weight excluding hydrogens is 146 g/mol. The molecule has 4 nitrogen and oxygen atoms in total. The molecule has 1 rings (SSSR count). The topological polar surface area (TPSA) is 55.4 Å². The van der Waals surface area contributed by atoms with E-state index in [0.717, 1.165) is 0 Å². The minimum absolute atomic E-state index is 0.0627. The number of carbonyl (C=O) groups is 2. The average molecular weight is 157 g/mol. The lowest BCUT2D eigenvalue weighted by atomic mass is 10.0. The van der Waals surface area contributed by atoms with E-state index in [0.29, 0.717) is 6.41 Å². The van der Waals surface area contributed by atoms with Gasteiger partial charge in [-0.05, 0) is 6.92 Å². The van der Waals surface area contributed by atoms with E-state index in [1.807, 2.05) is 13.8 Å². The Kier molecular flexibility index (Phi) is 2.12. The van der Waals surface area contributed by atoms with Crippen molar-refractivity contribution >= 4 is 12.4 Å². The first-order valence-electron chi connectivity index (χ1n) is 3.57. The maximum Gasteiger partial charge on any atom is 0.329 e. The van der Waals surface area contributed by atoms with Gasteiger partial charge in [0.2, 0.25) is 6.41 Å². The van der Waals surface area contributed by atoms with Gasteiger partial charge in [-0.25, -0.2) is 4.79 Å². The first-order chi connectivity index (χ1) is 5.16. The van der Waals surface area contributed by atoms with Gasteiger partial charge in [-0.3, -0.25) is 4.79 Å². The molecule has 0 spiro atoms. The molecule has 1 heterocycles. The van der Waals surface area contributed by atoms with Crippen molar-refractivity contribution in [3.8, 4) is 0 Å². The number of hydrogen-bond acceptors (Lipinski definition) is 3. The standard InChI is InChI=1S/C7H11NO3/c1-4-5(2)11-7(10)6(4)8-3-9/h3-6H,1-2H3,(H,8,9)/t4-,5+,6-/m1/s1. The van der Waals surface area contributed by atoms with Crippen molar-refractivity contribution in [1.29, 1.82) is 0 Å². The van der Waals surface area contributed by atoms with Gasteiger partial charge in [0.1, 0.15) is 12.1 Å². The Hall–Kier alpha value is -1.06. The van der Waals surface area contributed by atoms with Crippen molar-refractivity contribution in [1.82, 2.24) is 5.32 Å². The van der Waals surface area contributed by atoms with E-state index in [9.17, 15) is 9.59 Å². The van der Waals surface area contributed by atoms with Crippen molar-refractivity contribution in [2.75, 3.05) is 0 Å². The molecule has 1 aliphatic heterocycles. The number of esters is 1. The van der Waals surface area contributed by atoms with E-state index < -0.39 is 6.04 Å². The molecule has 1 fully saturated rings. The molecule has 11 heavy (non-hydrogen) atoms. The molecular formula is C7H11NO3. The lowest BCUT2D eigenvalue weighted by molar-refractivity contribution is -0.143. The van der Waals surface area contributed by atoms with Gasteiger partial charge in [0.15, 0.2) is 0 Å². The molecule has 0 aromatic heterocycles. The summed E-state index contributed by atoms with van der Waals surface area (Å²) in [5.74, 6) is -0.273. The second-order valence-electron chi connectivity index (χ2n) is 2.76. The molecule has 1 saturated heterocycles. The van der Waals surface area contributed by atoms with Crippen LogP contribution < -0.4 is 5.32 Å². The lowest BCUT2D eigenvalue weighted by Gasteiger charge is -2.10. The molecule has 0 unspecified atom stereocenters. The SMILES string of the molecule is C[C@@H]1[C@H](C)OC(=O)[C@@H]1NC=O. The summed E-state index contributed by atoms with van der Waals surface area (Å²) in [5, 5.41) is 2.42. The minimum atomic E-state index is -0.456. The highest BCUT2D eigenvalue weighted by molar-refractivity contribution is 5.80. The molecule has 1 N–H and O–H groups in total. The van der Waals surface area contributed by atoms with E-state index in [1.165, 1.54) is 0 Å². The second kappa shape index (κ2) is 2.90. The Morgan fingerprint density at radius 2 is 2.18 bits per heavy atom. The molecule has 0 radical (unpaired) electrons. The molecule has 0 aromatic carbocycles. The summed E-state index contributed by atoms with van der Waals surface area (Å²) in [6, 6.07) is -0.456. The zero-order valence-corrected chi connectivity index (χ0v) is 6.53. The third-order valence-electron chi connectivity index (χ3n) is 2.07. The summed E-state index contributed by atoms with van der Waals surface area (Å²) in [6.07, 6.45) is 0.431. The summed E-state index contributed by atoms with van der Waals surface area (Å²) in [4.78, 5) is 21.0. The summed E-state index contributed by atoms with van der Waals surface area (Å²) >= 11 is 0. The van der Waals surface area contributed by atoms with E-state index in [1.54, 1.807) is 0 Å². The molecule has 0 aromatic rings. The van der Waals surface area contributed by atoms with Crippen molar-refractivity contribution in [2.45, 2.75) is 26.0 Å². The van der Waals surface area contributed by atoms with Crippen LogP contribution in [0.1, 0.15) is 13.8 Å². The molecule has 0 saturated carbocycles. The number of hydrogen-bond donors (Lipinski definition) is 1. The lowest BCUT2D eigenvalue weighted by Crippen LogP contribution is -2.37. The summed E-state index contributed by atoms with van der Waals surface area (Å²) in [6.45, 7) is 3.69. The van der Waals surface area contributed by atoms with Gasteiger partial charge in [-0.2, -0.15) is 0 Å². The average Bonchev–Trinajstić information content (AvgIpc) is 2.17. The summed E-state index contributed by atoms with van der Waals surface area (Å²) in [7, 11) is 0. The van der Waals surface area contributed by atoms with Crippen LogP contribution in [-0.4, -0.2) is 24.5 Å². The van der Waals surface area contributed by atoms with Gasteiger partial charge in [0.05, 0.1) is 0 Å². The quantitative estimate of drug-likeness (QED) is 0.441. The number of cyclic esters (lactones) is 1. The molecule has 0 bridgehead atoms. The van der Waals surface area contributed by atoms with Crippen LogP contribution in [0.4, 0.5) is 0 Å². The highest BCUT2D eigenvalue weighted by Crippen LogP contribution is 2.20. The van der Waals surface area contributed by atoms with Crippen molar-refractivity contribution in [2.24, 2.45) is 5.92 Å². The Labute approximate surface area is 64.9 Å². The van der Waals surface area contributed by atoms with Crippen LogP contribution in [0.5, 0.6) is 0 Å². The number of rotatable bonds is 2. The third-order valence-corrected chi connectivity index (χ3v) is 2.07. The maximum absolute atomic E-state index is 10.9. The first kappa shape index (κ1) is 8.04. The largest absolute Gasteiger partial charge is 0.461 e. The third kappa shape index (κ3) is 1.34.